The number of aromatic nitrogens is 2. The highest BCUT2D eigenvalue weighted by atomic mass is 15.4. The van der Waals surface area contributed by atoms with Gasteiger partial charge in [-0.25, -0.2) is 0 Å². The van der Waals surface area contributed by atoms with E-state index in [0.717, 1.165) is 18.5 Å². The van der Waals surface area contributed by atoms with Gasteiger partial charge in [-0.1, -0.05) is 6.92 Å². The Balaban J connectivity index is 3.20. The first-order valence-corrected chi connectivity index (χ1v) is 6.31. The summed E-state index contributed by atoms with van der Waals surface area (Å²) in [5.41, 5.74) is 8.19. The minimum Gasteiger partial charge on any atom is -0.355 e. The largest absolute Gasteiger partial charge is 0.355 e. The molecule has 0 aromatic carbocycles. The van der Waals surface area contributed by atoms with Crippen LogP contribution in [-0.4, -0.2) is 28.9 Å². The first kappa shape index (κ1) is 14.0. The summed E-state index contributed by atoms with van der Waals surface area (Å²) >= 11 is 0. The molecule has 0 amide bonds. The molecule has 0 fully saturated rings. The Kier molecular flexibility index (Phi) is 4.20. The van der Waals surface area contributed by atoms with Crippen LogP contribution in [0.25, 0.3) is 0 Å². The van der Waals surface area contributed by atoms with Gasteiger partial charge in [-0.3, -0.25) is 4.68 Å². The summed E-state index contributed by atoms with van der Waals surface area (Å²) in [5.74, 6) is 1.19. The molecule has 98 valence electrons. The van der Waals surface area contributed by atoms with E-state index in [4.69, 9.17) is 5.73 Å². The van der Waals surface area contributed by atoms with Gasteiger partial charge in [0.05, 0.1) is 5.69 Å². The van der Waals surface area contributed by atoms with Gasteiger partial charge in [0.2, 0.25) is 0 Å². The molecule has 2 N–H and O–H groups in total. The minimum absolute atomic E-state index is 0.129. The Morgan fingerprint density at radius 2 is 2.00 bits per heavy atom. The lowest BCUT2D eigenvalue weighted by atomic mass is 9.99. The van der Waals surface area contributed by atoms with E-state index in [1.807, 2.05) is 11.7 Å². The molecule has 0 aliphatic carbocycles. The minimum atomic E-state index is 0.129. The molecular formula is C13H26N4. The fourth-order valence-electron chi connectivity index (χ4n) is 2.07. The standard InChI is InChI=1S/C13H26N4/c1-7-13(3,4)16(5)12-11(8-9-14)10(2)15-17(12)6/h7-9,14H2,1-6H3. The van der Waals surface area contributed by atoms with Gasteiger partial charge in [0, 0.05) is 25.2 Å². The lowest BCUT2D eigenvalue weighted by Gasteiger charge is -2.37. The Labute approximate surface area is 105 Å². The van der Waals surface area contributed by atoms with Crippen molar-refractivity contribution in [1.82, 2.24) is 9.78 Å². The number of nitrogens with zero attached hydrogens (tertiary/aromatic N) is 3. The van der Waals surface area contributed by atoms with Gasteiger partial charge < -0.3 is 10.6 Å². The topological polar surface area (TPSA) is 47.1 Å². The Hall–Kier alpha value is -1.03. The summed E-state index contributed by atoms with van der Waals surface area (Å²) in [6.45, 7) is 9.44. The molecule has 1 aromatic heterocycles. The summed E-state index contributed by atoms with van der Waals surface area (Å²) in [7, 11) is 4.14. The highest BCUT2D eigenvalue weighted by Crippen LogP contribution is 2.29. The number of aryl methyl sites for hydroxylation is 2. The number of hydrogen-bond donors (Lipinski definition) is 1. The molecule has 0 aliphatic heterocycles. The van der Waals surface area contributed by atoms with Gasteiger partial charge >= 0.3 is 0 Å². The first-order chi connectivity index (χ1) is 7.85. The highest BCUT2D eigenvalue weighted by Gasteiger charge is 2.26. The van der Waals surface area contributed by atoms with Crippen molar-refractivity contribution < 1.29 is 0 Å². The van der Waals surface area contributed by atoms with Gasteiger partial charge in [-0.05, 0) is 40.2 Å². The van der Waals surface area contributed by atoms with Crippen molar-refractivity contribution in [3.63, 3.8) is 0 Å². The number of hydrogen-bond acceptors (Lipinski definition) is 3. The third-order valence-corrected chi connectivity index (χ3v) is 3.80. The fraction of sp³-hybridized carbons (Fsp3) is 0.769. The number of nitrogens with two attached hydrogens (primary N) is 1. The quantitative estimate of drug-likeness (QED) is 0.851. The van der Waals surface area contributed by atoms with Crippen molar-refractivity contribution in [2.24, 2.45) is 12.8 Å². The molecule has 0 bridgehead atoms. The van der Waals surface area contributed by atoms with Crippen LogP contribution in [0.3, 0.4) is 0 Å². The fourth-order valence-corrected chi connectivity index (χ4v) is 2.07. The predicted octanol–water partition coefficient (Wildman–Crippen LogP) is 1.85. The summed E-state index contributed by atoms with van der Waals surface area (Å²) in [6, 6.07) is 0. The maximum atomic E-state index is 5.69. The Bertz CT molecular complexity index is 379. The number of anilines is 1. The Morgan fingerprint density at radius 3 is 2.47 bits per heavy atom. The maximum absolute atomic E-state index is 5.69. The molecule has 1 rings (SSSR count). The molecule has 17 heavy (non-hydrogen) atoms. The van der Waals surface area contributed by atoms with Crippen molar-refractivity contribution in [3.05, 3.63) is 11.3 Å². The van der Waals surface area contributed by atoms with Crippen LogP contribution >= 0.6 is 0 Å². The molecule has 1 aromatic rings. The average Bonchev–Trinajstić information content (AvgIpc) is 2.53. The van der Waals surface area contributed by atoms with Crippen molar-refractivity contribution >= 4 is 5.82 Å². The predicted molar refractivity (Wildman–Crippen MR) is 73.5 cm³/mol. The van der Waals surface area contributed by atoms with E-state index in [0.29, 0.717) is 6.54 Å². The summed E-state index contributed by atoms with van der Waals surface area (Å²) in [4.78, 5) is 2.32. The van der Waals surface area contributed by atoms with Crippen molar-refractivity contribution in [3.8, 4) is 0 Å². The second-order valence-electron chi connectivity index (χ2n) is 5.27. The zero-order valence-electron chi connectivity index (χ0n) is 12.0. The third-order valence-electron chi connectivity index (χ3n) is 3.80. The third kappa shape index (κ3) is 2.63. The molecule has 0 unspecified atom stereocenters. The van der Waals surface area contributed by atoms with Crippen LogP contribution in [-0.2, 0) is 13.5 Å². The molecule has 0 atom stereocenters. The highest BCUT2D eigenvalue weighted by molar-refractivity contribution is 5.51. The van der Waals surface area contributed by atoms with Crippen LogP contribution in [0.4, 0.5) is 5.82 Å². The normalized spacial score (nSPS) is 11.9. The van der Waals surface area contributed by atoms with E-state index in [2.05, 4.69) is 44.7 Å². The summed E-state index contributed by atoms with van der Waals surface area (Å²) in [6.07, 6.45) is 1.98. The van der Waals surface area contributed by atoms with Crippen molar-refractivity contribution in [2.45, 2.75) is 46.1 Å². The van der Waals surface area contributed by atoms with Gasteiger partial charge in [0.1, 0.15) is 5.82 Å². The second-order valence-corrected chi connectivity index (χ2v) is 5.27. The molecule has 0 radical (unpaired) electrons. The summed E-state index contributed by atoms with van der Waals surface area (Å²) in [5, 5.41) is 4.52. The number of rotatable bonds is 5. The molecular weight excluding hydrogens is 212 g/mol. The van der Waals surface area contributed by atoms with Crippen molar-refractivity contribution in [1.29, 1.82) is 0 Å². The van der Waals surface area contributed by atoms with E-state index < -0.39 is 0 Å². The van der Waals surface area contributed by atoms with E-state index in [-0.39, 0.29) is 5.54 Å². The average molecular weight is 238 g/mol. The van der Waals surface area contributed by atoms with Gasteiger partial charge in [0.25, 0.3) is 0 Å². The first-order valence-electron chi connectivity index (χ1n) is 6.31. The van der Waals surface area contributed by atoms with E-state index in [1.165, 1.54) is 11.4 Å². The lowest BCUT2D eigenvalue weighted by Crippen LogP contribution is -2.42. The smallest absolute Gasteiger partial charge is 0.130 e. The Morgan fingerprint density at radius 1 is 1.41 bits per heavy atom. The molecule has 4 nitrogen and oxygen atoms in total. The van der Waals surface area contributed by atoms with Crippen molar-refractivity contribution in [2.75, 3.05) is 18.5 Å². The van der Waals surface area contributed by atoms with Gasteiger partial charge in [-0.15, -0.1) is 0 Å². The second kappa shape index (κ2) is 5.08. The maximum Gasteiger partial charge on any atom is 0.130 e. The molecule has 1 heterocycles. The lowest BCUT2D eigenvalue weighted by molar-refractivity contribution is 0.459. The van der Waals surface area contributed by atoms with Gasteiger partial charge in [0.15, 0.2) is 0 Å². The molecule has 0 aliphatic rings. The molecule has 0 saturated carbocycles. The molecule has 4 heteroatoms. The monoisotopic (exact) mass is 238 g/mol. The van der Waals surface area contributed by atoms with Gasteiger partial charge in [-0.2, -0.15) is 5.10 Å². The molecule has 0 spiro atoms. The van der Waals surface area contributed by atoms with Crippen LogP contribution in [0.2, 0.25) is 0 Å². The van der Waals surface area contributed by atoms with E-state index in [1.54, 1.807) is 0 Å². The zero-order valence-corrected chi connectivity index (χ0v) is 12.0. The van der Waals surface area contributed by atoms with Crippen LogP contribution in [0.15, 0.2) is 0 Å². The SMILES string of the molecule is CCC(C)(C)N(C)c1c(CCN)c(C)nn1C. The zero-order chi connectivity index (χ0) is 13.2. The van der Waals surface area contributed by atoms with Crippen LogP contribution in [0.5, 0.6) is 0 Å². The molecule has 0 saturated heterocycles. The summed E-state index contributed by atoms with van der Waals surface area (Å²) < 4.78 is 1.97. The van der Waals surface area contributed by atoms with Crippen LogP contribution in [0.1, 0.15) is 38.4 Å². The van der Waals surface area contributed by atoms with E-state index >= 15 is 0 Å². The van der Waals surface area contributed by atoms with E-state index in [9.17, 15) is 0 Å². The van der Waals surface area contributed by atoms with Crippen LogP contribution < -0.4 is 10.6 Å². The van der Waals surface area contributed by atoms with Crippen LogP contribution in [0, 0.1) is 6.92 Å².